The van der Waals surface area contributed by atoms with Crippen LogP contribution >= 0.6 is 15.9 Å². The highest BCUT2D eigenvalue weighted by Crippen LogP contribution is 2.17. The third-order valence-corrected chi connectivity index (χ3v) is 2.50. The summed E-state index contributed by atoms with van der Waals surface area (Å²) in [5, 5.41) is 8.73. The van der Waals surface area contributed by atoms with Crippen molar-refractivity contribution in [2.45, 2.75) is 13.3 Å². The van der Waals surface area contributed by atoms with Crippen LogP contribution in [0.2, 0.25) is 0 Å². The van der Waals surface area contributed by atoms with Gasteiger partial charge in [0.25, 0.3) is 0 Å². The second-order valence-electron chi connectivity index (χ2n) is 3.43. The number of amides is 1. The first-order valence-electron chi connectivity index (χ1n) is 4.48. The minimum Gasteiger partial charge on any atom is -0.369 e. The van der Waals surface area contributed by atoms with Crippen molar-refractivity contribution in [2.75, 3.05) is 0 Å². The first kappa shape index (κ1) is 11.7. The van der Waals surface area contributed by atoms with Gasteiger partial charge in [-0.05, 0) is 36.6 Å². The van der Waals surface area contributed by atoms with Crippen molar-refractivity contribution in [3.05, 3.63) is 33.8 Å². The fourth-order valence-electron chi connectivity index (χ4n) is 1.38. The minimum atomic E-state index is -0.751. The van der Waals surface area contributed by atoms with Gasteiger partial charge < -0.3 is 5.73 Å². The Bertz CT molecular complexity index is 403. The molecule has 0 aliphatic carbocycles. The number of nitrogens with zero attached hydrogens (tertiary/aromatic N) is 1. The number of carbonyl (C=O) groups is 1. The molecule has 0 bridgehead atoms. The molecule has 1 aromatic rings. The summed E-state index contributed by atoms with van der Waals surface area (Å²) in [5.74, 6) is -1.33. The highest BCUT2D eigenvalue weighted by atomic mass is 79.9. The molecular formula is C11H11BrN2O. The predicted octanol–water partition coefficient (Wildman–Crippen LogP) is 1.93. The van der Waals surface area contributed by atoms with Gasteiger partial charge in [-0.1, -0.05) is 22.0 Å². The Morgan fingerprint density at radius 3 is 2.73 bits per heavy atom. The van der Waals surface area contributed by atoms with E-state index in [9.17, 15) is 4.79 Å². The minimum absolute atomic E-state index is 0.367. The molecule has 0 aliphatic rings. The molecule has 0 spiro atoms. The first-order chi connectivity index (χ1) is 7.02. The maximum Gasteiger partial charge on any atom is 0.235 e. The van der Waals surface area contributed by atoms with E-state index in [4.69, 9.17) is 11.0 Å². The lowest BCUT2D eigenvalue weighted by molar-refractivity contribution is -0.120. The van der Waals surface area contributed by atoms with Crippen LogP contribution in [0.25, 0.3) is 0 Å². The van der Waals surface area contributed by atoms with Crippen LogP contribution in [-0.2, 0) is 11.2 Å². The van der Waals surface area contributed by atoms with E-state index in [1.807, 2.05) is 31.2 Å². The summed E-state index contributed by atoms with van der Waals surface area (Å²) < 4.78 is 0.943. The van der Waals surface area contributed by atoms with Gasteiger partial charge in [-0.15, -0.1) is 0 Å². The molecule has 1 atom stereocenters. The van der Waals surface area contributed by atoms with Gasteiger partial charge in [0.2, 0.25) is 5.91 Å². The summed E-state index contributed by atoms with van der Waals surface area (Å²) in [6.45, 7) is 1.96. The van der Waals surface area contributed by atoms with Crippen molar-refractivity contribution in [2.24, 2.45) is 11.7 Å². The maximum absolute atomic E-state index is 10.9. The third-order valence-electron chi connectivity index (χ3n) is 2.04. The SMILES string of the molecule is Cc1cc(Br)cc(CC(C#N)C(N)=O)c1. The molecule has 1 aromatic carbocycles. The number of hydrogen-bond acceptors (Lipinski definition) is 2. The topological polar surface area (TPSA) is 66.9 Å². The van der Waals surface area contributed by atoms with Crippen LogP contribution in [0.15, 0.2) is 22.7 Å². The lowest BCUT2D eigenvalue weighted by atomic mass is 9.99. The number of rotatable bonds is 3. The van der Waals surface area contributed by atoms with Crippen molar-refractivity contribution in [3.8, 4) is 6.07 Å². The van der Waals surface area contributed by atoms with Gasteiger partial charge in [0.15, 0.2) is 0 Å². The van der Waals surface area contributed by atoms with Gasteiger partial charge in [-0.2, -0.15) is 5.26 Å². The summed E-state index contributed by atoms with van der Waals surface area (Å²) in [7, 11) is 0. The summed E-state index contributed by atoms with van der Waals surface area (Å²) in [5.41, 5.74) is 7.12. The van der Waals surface area contributed by atoms with Crippen LogP contribution in [0.5, 0.6) is 0 Å². The van der Waals surface area contributed by atoms with E-state index in [-0.39, 0.29) is 0 Å². The van der Waals surface area contributed by atoms with E-state index in [2.05, 4.69) is 15.9 Å². The number of nitriles is 1. The summed E-state index contributed by atoms with van der Waals surface area (Å²) in [6.07, 6.45) is 0.367. The number of aryl methyl sites for hydroxylation is 1. The Kier molecular flexibility index (Phi) is 3.87. The van der Waals surface area contributed by atoms with Crippen molar-refractivity contribution >= 4 is 21.8 Å². The first-order valence-corrected chi connectivity index (χ1v) is 5.27. The molecule has 3 nitrogen and oxygen atoms in total. The Hall–Kier alpha value is -1.34. The van der Waals surface area contributed by atoms with Gasteiger partial charge >= 0.3 is 0 Å². The highest BCUT2D eigenvalue weighted by molar-refractivity contribution is 9.10. The van der Waals surface area contributed by atoms with E-state index in [1.165, 1.54) is 0 Å². The van der Waals surface area contributed by atoms with Crippen LogP contribution in [0.4, 0.5) is 0 Å². The van der Waals surface area contributed by atoms with Gasteiger partial charge in [0, 0.05) is 4.47 Å². The molecule has 15 heavy (non-hydrogen) atoms. The standard InChI is InChI=1S/C11H11BrN2O/c1-7-2-8(5-10(12)3-7)4-9(6-13)11(14)15/h2-3,5,9H,4H2,1H3,(H2,14,15). The van der Waals surface area contributed by atoms with Crippen molar-refractivity contribution < 1.29 is 4.79 Å². The number of hydrogen-bond donors (Lipinski definition) is 1. The molecule has 1 rings (SSSR count). The number of carbonyl (C=O) groups excluding carboxylic acids is 1. The van der Waals surface area contributed by atoms with Gasteiger partial charge in [0.05, 0.1) is 6.07 Å². The quantitative estimate of drug-likeness (QED) is 0.909. The molecule has 4 heteroatoms. The van der Waals surface area contributed by atoms with Crippen LogP contribution in [0, 0.1) is 24.2 Å². The van der Waals surface area contributed by atoms with E-state index < -0.39 is 11.8 Å². The molecule has 0 fully saturated rings. The molecule has 0 aliphatic heterocycles. The normalized spacial score (nSPS) is 11.8. The number of benzene rings is 1. The summed E-state index contributed by atoms with van der Waals surface area (Å²) >= 11 is 3.36. The van der Waals surface area contributed by atoms with Crippen molar-refractivity contribution in [3.63, 3.8) is 0 Å². The monoisotopic (exact) mass is 266 g/mol. The largest absolute Gasteiger partial charge is 0.369 e. The molecule has 1 unspecified atom stereocenters. The lowest BCUT2D eigenvalue weighted by Crippen LogP contribution is -2.23. The molecule has 0 aromatic heterocycles. The summed E-state index contributed by atoms with van der Waals surface area (Å²) in [4.78, 5) is 10.9. The number of halogens is 1. The molecule has 0 heterocycles. The average Bonchev–Trinajstić information content (AvgIpc) is 2.12. The number of primary amides is 1. The van der Waals surface area contributed by atoms with E-state index in [1.54, 1.807) is 0 Å². The molecular weight excluding hydrogens is 256 g/mol. The van der Waals surface area contributed by atoms with Gasteiger partial charge in [0.1, 0.15) is 5.92 Å². The fraction of sp³-hybridized carbons (Fsp3) is 0.273. The van der Waals surface area contributed by atoms with Crippen LogP contribution in [0.3, 0.4) is 0 Å². The molecule has 0 saturated heterocycles. The third kappa shape index (κ3) is 3.37. The van der Waals surface area contributed by atoms with Crippen LogP contribution in [-0.4, -0.2) is 5.91 Å². The maximum atomic E-state index is 10.9. The zero-order chi connectivity index (χ0) is 11.4. The van der Waals surface area contributed by atoms with Crippen molar-refractivity contribution in [1.82, 2.24) is 0 Å². The molecule has 0 saturated carbocycles. The van der Waals surface area contributed by atoms with E-state index in [0.717, 1.165) is 15.6 Å². The molecule has 0 radical (unpaired) electrons. The Morgan fingerprint density at radius 2 is 2.27 bits per heavy atom. The predicted molar refractivity (Wildman–Crippen MR) is 60.9 cm³/mol. The molecule has 2 N–H and O–H groups in total. The fourth-order valence-corrected chi connectivity index (χ4v) is 2.03. The van der Waals surface area contributed by atoms with Crippen molar-refractivity contribution in [1.29, 1.82) is 5.26 Å². The van der Waals surface area contributed by atoms with Gasteiger partial charge in [-0.25, -0.2) is 0 Å². The van der Waals surface area contributed by atoms with Crippen LogP contribution < -0.4 is 5.73 Å². The van der Waals surface area contributed by atoms with E-state index >= 15 is 0 Å². The highest BCUT2D eigenvalue weighted by Gasteiger charge is 2.15. The average molecular weight is 267 g/mol. The molecule has 1 amide bonds. The van der Waals surface area contributed by atoms with Crippen LogP contribution in [0.1, 0.15) is 11.1 Å². The Balaban J connectivity index is 2.89. The zero-order valence-corrected chi connectivity index (χ0v) is 9.91. The lowest BCUT2D eigenvalue weighted by Gasteiger charge is -2.06. The smallest absolute Gasteiger partial charge is 0.235 e. The van der Waals surface area contributed by atoms with Gasteiger partial charge in [-0.3, -0.25) is 4.79 Å². The second kappa shape index (κ2) is 4.94. The van der Waals surface area contributed by atoms with E-state index in [0.29, 0.717) is 6.42 Å². The number of nitrogens with two attached hydrogens (primary N) is 1. The molecule has 78 valence electrons. The Labute approximate surface area is 97.0 Å². The second-order valence-corrected chi connectivity index (χ2v) is 4.34. The summed E-state index contributed by atoms with van der Waals surface area (Å²) in [6, 6.07) is 7.70. The Morgan fingerprint density at radius 1 is 1.60 bits per heavy atom. The zero-order valence-electron chi connectivity index (χ0n) is 8.33.